The standard InChI is InChI=1S/C20H26N4O3S/c1-20(2,3)23-17(26)13-6-8-14(9-7-13)21-16(25)12-15-18(27)22-19(28-15)24-10-4-5-11-24/h6-9,15H,4-5,10-12H2,1-3H3,(H,21,25)(H,23,26). The number of anilines is 1. The van der Waals surface area contributed by atoms with Gasteiger partial charge in [-0.25, -0.2) is 0 Å². The van der Waals surface area contributed by atoms with Gasteiger partial charge < -0.3 is 15.5 Å². The highest BCUT2D eigenvalue weighted by Crippen LogP contribution is 2.29. The van der Waals surface area contributed by atoms with Gasteiger partial charge in [0.1, 0.15) is 5.25 Å². The summed E-state index contributed by atoms with van der Waals surface area (Å²) >= 11 is 1.38. The van der Waals surface area contributed by atoms with Gasteiger partial charge >= 0.3 is 0 Å². The first kappa shape index (κ1) is 20.4. The van der Waals surface area contributed by atoms with E-state index in [0.29, 0.717) is 11.3 Å². The summed E-state index contributed by atoms with van der Waals surface area (Å²) in [6.07, 6.45) is 2.31. The third-order valence-corrected chi connectivity index (χ3v) is 5.61. The molecular formula is C20H26N4O3S. The lowest BCUT2D eigenvalue weighted by Crippen LogP contribution is -2.40. The van der Waals surface area contributed by atoms with Crippen LogP contribution in [0.25, 0.3) is 0 Å². The molecule has 7 nitrogen and oxygen atoms in total. The minimum absolute atomic E-state index is 0.0800. The van der Waals surface area contributed by atoms with E-state index in [4.69, 9.17) is 0 Å². The number of amides is 3. The molecule has 0 saturated carbocycles. The first-order valence-electron chi connectivity index (χ1n) is 9.48. The molecule has 0 bridgehead atoms. The normalized spacial score (nSPS) is 19.5. The maximum absolute atomic E-state index is 12.3. The lowest BCUT2D eigenvalue weighted by Gasteiger charge is -2.20. The van der Waals surface area contributed by atoms with E-state index in [9.17, 15) is 14.4 Å². The van der Waals surface area contributed by atoms with Crippen molar-refractivity contribution in [1.82, 2.24) is 10.2 Å². The molecule has 3 rings (SSSR count). The Labute approximate surface area is 169 Å². The van der Waals surface area contributed by atoms with Gasteiger partial charge in [-0.2, -0.15) is 4.99 Å². The Balaban J connectivity index is 1.51. The third-order valence-electron chi connectivity index (χ3n) is 4.40. The van der Waals surface area contributed by atoms with E-state index in [1.807, 2.05) is 20.8 Å². The summed E-state index contributed by atoms with van der Waals surface area (Å²) in [5.74, 6) is -0.642. The molecule has 0 aromatic heterocycles. The Morgan fingerprint density at radius 1 is 1.18 bits per heavy atom. The maximum Gasteiger partial charge on any atom is 0.262 e. The molecule has 1 atom stereocenters. The predicted molar refractivity (Wildman–Crippen MR) is 112 cm³/mol. The highest BCUT2D eigenvalue weighted by atomic mass is 32.2. The second kappa shape index (κ2) is 8.34. The Morgan fingerprint density at radius 3 is 2.43 bits per heavy atom. The zero-order valence-corrected chi connectivity index (χ0v) is 17.3. The largest absolute Gasteiger partial charge is 0.351 e. The average molecular weight is 403 g/mol. The molecule has 0 spiro atoms. The van der Waals surface area contributed by atoms with Gasteiger partial charge in [-0.15, -0.1) is 0 Å². The summed E-state index contributed by atoms with van der Waals surface area (Å²) in [6.45, 7) is 7.60. The zero-order valence-electron chi connectivity index (χ0n) is 16.4. The molecule has 1 saturated heterocycles. The highest BCUT2D eigenvalue weighted by molar-refractivity contribution is 8.15. The molecule has 1 fully saturated rings. The Bertz CT molecular complexity index is 793. The second-order valence-corrected chi connectivity index (χ2v) is 9.24. The van der Waals surface area contributed by atoms with Crippen LogP contribution in [0.5, 0.6) is 0 Å². The molecule has 28 heavy (non-hydrogen) atoms. The zero-order chi connectivity index (χ0) is 20.3. The molecule has 8 heteroatoms. The number of nitrogens with one attached hydrogen (secondary N) is 2. The average Bonchev–Trinajstić information content (AvgIpc) is 3.24. The monoisotopic (exact) mass is 402 g/mol. The van der Waals surface area contributed by atoms with Gasteiger partial charge in [0.2, 0.25) is 5.91 Å². The molecule has 2 N–H and O–H groups in total. The van der Waals surface area contributed by atoms with Crippen LogP contribution in [0.3, 0.4) is 0 Å². The molecule has 2 heterocycles. The number of hydrogen-bond donors (Lipinski definition) is 2. The highest BCUT2D eigenvalue weighted by Gasteiger charge is 2.33. The SMILES string of the molecule is CC(C)(C)NC(=O)c1ccc(NC(=O)CC2SC(N3CCCC3)=NC2=O)cc1. The second-order valence-electron chi connectivity index (χ2n) is 8.07. The molecule has 150 valence electrons. The molecule has 1 aromatic rings. The number of hydrogen-bond acceptors (Lipinski definition) is 5. The third kappa shape index (κ3) is 5.34. The van der Waals surface area contributed by atoms with E-state index in [0.717, 1.165) is 31.1 Å². The topological polar surface area (TPSA) is 90.9 Å². The smallest absolute Gasteiger partial charge is 0.262 e. The minimum atomic E-state index is -0.465. The van der Waals surface area contributed by atoms with Crippen LogP contribution >= 0.6 is 11.8 Å². The van der Waals surface area contributed by atoms with E-state index >= 15 is 0 Å². The van der Waals surface area contributed by atoms with Crippen molar-refractivity contribution < 1.29 is 14.4 Å². The van der Waals surface area contributed by atoms with Crippen molar-refractivity contribution in [3.63, 3.8) is 0 Å². The maximum atomic E-state index is 12.3. The van der Waals surface area contributed by atoms with Crippen LogP contribution in [0.4, 0.5) is 5.69 Å². The number of rotatable bonds is 4. The number of aliphatic imine (C=N–C) groups is 1. The summed E-state index contributed by atoms with van der Waals surface area (Å²) in [4.78, 5) is 42.8. The van der Waals surface area contributed by atoms with Crippen molar-refractivity contribution in [2.45, 2.75) is 50.8 Å². The fraction of sp³-hybridized carbons (Fsp3) is 0.500. The van der Waals surface area contributed by atoms with Gasteiger partial charge in [0, 0.05) is 36.3 Å². The minimum Gasteiger partial charge on any atom is -0.351 e. The number of amidine groups is 1. The van der Waals surface area contributed by atoms with E-state index < -0.39 is 5.25 Å². The first-order chi connectivity index (χ1) is 13.2. The summed E-state index contributed by atoms with van der Waals surface area (Å²) in [7, 11) is 0. The van der Waals surface area contributed by atoms with Crippen molar-refractivity contribution >= 4 is 40.3 Å². The van der Waals surface area contributed by atoms with Crippen LogP contribution in [0, 0.1) is 0 Å². The fourth-order valence-electron chi connectivity index (χ4n) is 3.05. The van der Waals surface area contributed by atoms with Gasteiger partial charge in [0.25, 0.3) is 11.8 Å². The predicted octanol–water partition coefficient (Wildman–Crippen LogP) is 2.64. The number of carbonyl (C=O) groups is 3. The van der Waals surface area contributed by atoms with Gasteiger partial charge in [-0.1, -0.05) is 11.8 Å². The summed E-state index contributed by atoms with van der Waals surface area (Å²) in [6, 6.07) is 6.71. The summed E-state index contributed by atoms with van der Waals surface area (Å²) in [5, 5.41) is 5.96. The molecule has 0 aliphatic carbocycles. The Hall–Kier alpha value is -2.35. The molecular weight excluding hydrogens is 376 g/mol. The Morgan fingerprint density at radius 2 is 1.82 bits per heavy atom. The summed E-state index contributed by atoms with van der Waals surface area (Å²) in [5.41, 5.74) is 0.803. The van der Waals surface area contributed by atoms with Crippen LogP contribution in [0.2, 0.25) is 0 Å². The fourth-order valence-corrected chi connectivity index (χ4v) is 4.17. The van der Waals surface area contributed by atoms with Crippen molar-refractivity contribution in [3.8, 4) is 0 Å². The van der Waals surface area contributed by atoms with Crippen LogP contribution in [-0.4, -0.2) is 51.7 Å². The van der Waals surface area contributed by atoms with E-state index in [1.54, 1.807) is 24.3 Å². The van der Waals surface area contributed by atoms with Gasteiger partial charge in [-0.05, 0) is 57.9 Å². The number of carbonyl (C=O) groups excluding carboxylic acids is 3. The number of nitrogens with zero attached hydrogens (tertiary/aromatic N) is 2. The van der Waals surface area contributed by atoms with Crippen LogP contribution in [0.15, 0.2) is 29.3 Å². The van der Waals surface area contributed by atoms with Crippen molar-refractivity contribution in [3.05, 3.63) is 29.8 Å². The van der Waals surface area contributed by atoms with Gasteiger partial charge in [0.15, 0.2) is 5.17 Å². The molecule has 0 radical (unpaired) electrons. The molecule has 2 aliphatic rings. The molecule has 2 aliphatic heterocycles. The van der Waals surface area contributed by atoms with Crippen LogP contribution in [-0.2, 0) is 9.59 Å². The molecule has 3 amide bonds. The quantitative estimate of drug-likeness (QED) is 0.808. The Kier molecular flexibility index (Phi) is 6.07. The van der Waals surface area contributed by atoms with E-state index in [1.165, 1.54) is 11.8 Å². The van der Waals surface area contributed by atoms with Gasteiger partial charge in [-0.3, -0.25) is 14.4 Å². The number of likely N-dealkylation sites (tertiary alicyclic amines) is 1. The first-order valence-corrected chi connectivity index (χ1v) is 10.4. The molecule has 1 aromatic carbocycles. The lowest BCUT2D eigenvalue weighted by molar-refractivity contribution is -0.121. The molecule has 1 unspecified atom stereocenters. The van der Waals surface area contributed by atoms with Crippen molar-refractivity contribution in [1.29, 1.82) is 0 Å². The van der Waals surface area contributed by atoms with Crippen LogP contribution < -0.4 is 10.6 Å². The van der Waals surface area contributed by atoms with E-state index in [-0.39, 0.29) is 29.7 Å². The van der Waals surface area contributed by atoms with Gasteiger partial charge in [0.05, 0.1) is 0 Å². The summed E-state index contributed by atoms with van der Waals surface area (Å²) < 4.78 is 0. The van der Waals surface area contributed by atoms with Crippen LogP contribution in [0.1, 0.15) is 50.4 Å². The van der Waals surface area contributed by atoms with Crippen molar-refractivity contribution in [2.24, 2.45) is 4.99 Å². The van der Waals surface area contributed by atoms with Crippen molar-refractivity contribution in [2.75, 3.05) is 18.4 Å². The lowest BCUT2D eigenvalue weighted by atomic mass is 10.1. The number of benzene rings is 1. The van der Waals surface area contributed by atoms with E-state index in [2.05, 4.69) is 20.5 Å². The number of thioether (sulfide) groups is 1.